The summed E-state index contributed by atoms with van der Waals surface area (Å²) in [7, 11) is 0. The fraction of sp³-hybridized carbons (Fsp3) is 0.385. The van der Waals surface area contributed by atoms with Crippen LogP contribution in [0, 0.1) is 0 Å². The van der Waals surface area contributed by atoms with Crippen molar-refractivity contribution >= 4 is 24.1 Å². The van der Waals surface area contributed by atoms with Crippen molar-refractivity contribution in [3.8, 4) is 5.75 Å². The van der Waals surface area contributed by atoms with Crippen molar-refractivity contribution in [1.29, 1.82) is 0 Å². The van der Waals surface area contributed by atoms with E-state index in [4.69, 9.17) is 9.84 Å². The third-order valence-corrected chi connectivity index (χ3v) is 3.46. The molecule has 1 aromatic carbocycles. The second-order valence-electron chi connectivity index (χ2n) is 3.77. The van der Waals surface area contributed by atoms with Crippen LogP contribution in [0.2, 0.25) is 0 Å². The quantitative estimate of drug-likeness (QED) is 0.672. The Balaban J connectivity index is 2.39. The van der Waals surface area contributed by atoms with Gasteiger partial charge in [0.1, 0.15) is 11.8 Å². The van der Waals surface area contributed by atoms with Gasteiger partial charge in [-0.3, -0.25) is 4.79 Å². The van der Waals surface area contributed by atoms with Crippen molar-refractivity contribution in [1.82, 2.24) is 5.32 Å². The molecule has 0 aliphatic heterocycles. The van der Waals surface area contributed by atoms with Crippen molar-refractivity contribution in [2.75, 3.05) is 12.4 Å². The van der Waals surface area contributed by atoms with Crippen molar-refractivity contribution < 1.29 is 19.4 Å². The van der Waals surface area contributed by atoms with Crippen molar-refractivity contribution in [3.05, 3.63) is 29.8 Å². The Morgan fingerprint density at radius 2 is 2.16 bits per heavy atom. The Bertz CT molecular complexity index is 408. The first kappa shape index (κ1) is 15.4. The minimum absolute atomic E-state index is 0.335. The van der Waals surface area contributed by atoms with Crippen LogP contribution < -0.4 is 10.1 Å². The Hall–Kier alpha value is -1.69. The molecule has 0 bridgehead atoms. The molecule has 0 fully saturated rings. The first-order valence-corrected chi connectivity index (χ1v) is 7.04. The van der Waals surface area contributed by atoms with Crippen LogP contribution in [0.1, 0.15) is 12.5 Å². The second-order valence-corrected chi connectivity index (χ2v) is 4.80. The molecule has 0 aromatic heterocycles. The lowest BCUT2D eigenvalue weighted by atomic mass is 10.2. The average molecular weight is 283 g/mol. The number of hydrogen-bond acceptors (Lipinski definition) is 4. The van der Waals surface area contributed by atoms with Crippen molar-refractivity contribution in [2.24, 2.45) is 0 Å². The number of hydrogen-bond donors (Lipinski definition) is 2. The van der Waals surface area contributed by atoms with Crippen LogP contribution in [0.15, 0.2) is 24.3 Å². The van der Waals surface area contributed by atoms with Gasteiger partial charge in [0, 0.05) is 11.5 Å². The number of carbonyl (C=O) groups is 2. The minimum atomic E-state index is -1.02. The number of amides is 1. The van der Waals surface area contributed by atoms with E-state index in [2.05, 4.69) is 5.32 Å². The number of carboxylic acids is 1. The number of thioether (sulfide) groups is 1. The second kappa shape index (κ2) is 8.42. The molecular formula is C13H17NO4S. The van der Waals surface area contributed by atoms with Gasteiger partial charge in [-0.25, -0.2) is 4.79 Å². The number of nitrogens with one attached hydrogen (secondary N) is 1. The molecule has 0 heterocycles. The molecule has 2 N–H and O–H groups in total. The van der Waals surface area contributed by atoms with Crippen molar-refractivity contribution in [3.63, 3.8) is 0 Å². The van der Waals surface area contributed by atoms with Gasteiger partial charge < -0.3 is 15.2 Å². The highest BCUT2D eigenvalue weighted by atomic mass is 32.2. The van der Waals surface area contributed by atoms with Gasteiger partial charge in [-0.05, 0) is 24.6 Å². The van der Waals surface area contributed by atoms with Gasteiger partial charge in [0.2, 0.25) is 6.41 Å². The first-order valence-electron chi connectivity index (χ1n) is 5.89. The summed E-state index contributed by atoms with van der Waals surface area (Å²) >= 11 is 1.46. The van der Waals surface area contributed by atoms with Gasteiger partial charge in [0.25, 0.3) is 0 Å². The predicted octanol–water partition coefficient (Wildman–Crippen LogP) is 1.52. The van der Waals surface area contributed by atoms with Gasteiger partial charge in [-0.15, -0.1) is 0 Å². The zero-order chi connectivity index (χ0) is 14.1. The average Bonchev–Trinajstić information content (AvgIpc) is 2.40. The van der Waals surface area contributed by atoms with E-state index in [0.29, 0.717) is 24.5 Å². The molecule has 1 amide bonds. The third-order valence-electron chi connectivity index (χ3n) is 2.35. The molecule has 0 radical (unpaired) electrons. The standard InChI is InChI=1S/C13H17NO4S/c1-2-18-11-5-3-10(4-6-11)7-19-8-12(13(16)17)14-9-15/h3-6,9,12H,2,7-8H2,1H3,(H,14,15)(H,16,17). The molecule has 6 heteroatoms. The molecule has 0 aliphatic rings. The summed E-state index contributed by atoms with van der Waals surface area (Å²) in [5.74, 6) is 0.825. The number of aliphatic carboxylic acids is 1. The zero-order valence-electron chi connectivity index (χ0n) is 10.7. The van der Waals surface area contributed by atoms with Crippen LogP contribution in [0.5, 0.6) is 5.75 Å². The summed E-state index contributed by atoms with van der Waals surface area (Å²) in [5.41, 5.74) is 1.09. The summed E-state index contributed by atoms with van der Waals surface area (Å²) in [5, 5.41) is 11.1. The maximum atomic E-state index is 10.8. The molecule has 1 atom stereocenters. The van der Waals surface area contributed by atoms with Gasteiger partial charge in [0.15, 0.2) is 0 Å². The van der Waals surface area contributed by atoms with E-state index >= 15 is 0 Å². The molecule has 19 heavy (non-hydrogen) atoms. The number of benzene rings is 1. The fourth-order valence-electron chi connectivity index (χ4n) is 1.42. The number of rotatable bonds is 9. The summed E-state index contributed by atoms with van der Waals surface area (Å²) in [6.45, 7) is 2.56. The van der Waals surface area contributed by atoms with Crippen molar-refractivity contribution in [2.45, 2.75) is 18.7 Å². The Morgan fingerprint density at radius 1 is 1.47 bits per heavy atom. The summed E-state index contributed by atoms with van der Waals surface area (Å²) in [6, 6.07) is 6.82. The summed E-state index contributed by atoms with van der Waals surface area (Å²) < 4.78 is 5.33. The third kappa shape index (κ3) is 5.65. The Kier molecular flexibility index (Phi) is 6.81. The fourth-order valence-corrected chi connectivity index (χ4v) is 2.44. The van der Waals surface area contributed by atoms with Crippen LogP contribution in [0.25, 0.3) is 0 Å². The van der Waals surface area contributed by atoms with Gasteiger partial charge in [0.05, 0.1) is 6.61 Å². The lowest BCUT2D eigenvalue weighted by Gasteiger charge is -2.10. The molecule has 1 unspecified atom stereocenters. The largest absolute Gasteiger partial charge is 0.494 e. The molecule has 0 aliphatic carbocycles. The van der Waals surface area contributed by atoms with Gasteiger partial charge in [-0.2, -0.15) is 11.8 Å². The van der Waals surface area contributed by atoms with Gasteiger partial charge >= 0.3 is 5.97 Å². The molecule has 0 saturated heterocycles. The summed E-state index contributed by atoms with van der Waals surface area (Å²) in [6.07, 6.45) is 0.413. The number of ether oxygens (including phenoxy) is 1. The molecule has 0 spiro atoms. The number of carbonyl (C=O) groups excluding carboxylic acids is 1. The molecule has 0 saturated carbocycles. The van der Waals surface area contributed by atoms with E-state index in [-0.39, 0.29) is 0 Å². The SMILES string of the molecule is CCOc1ccc(CSCC(NC=O)C(=O)O)cc1. The Morgan fingerprint density at radius 3 is 2.68 bits per heavy atom. The van der Waals surface area contributed by atoms with E-state index in [1.54, 1.807) is 0 Å². The number of carboxylic acid groups (broad SMARTS) is 1. The Labute approximate surface area is 116 Å². The van der Waals surface area contributed by atoms with E-state index in [1.165, 1.54) is 11.8 Å². The molecule has 1 rings (SSSR count). The molecular weight excluding hydrogens is 266 g/mol. The van der Waals surface area contributed by atoms with Gasteiger partial charge in [-0.1, -0.05) is 12.1 Å². The lowest BCUT2D eigenvalue weighted by Crippen LogP contribution is -2.37. The maximum Gasteiger partial charge on any atom is 0.327 e. The maximum absolute atomic E-state index is 10.8. The van der Waals surface area contributed by atoms with Crippen LogP contribution in [-0.2, 0) is 15.3 Å². The van der Waals surface area contributed by atoms with Crippen LogP contribution in [0.4, 0.5) is 0 Å². The zero-order valence-corrected chi connectivity index (χ0v) is 11.5. The lowest BCUT2D eigenvalue weighted by molar-refractivity contribution is -0.139. The normalized spacial score (nSPS) is 11.6. The molecule has 104 valence electrons. The van der Waals surface area contributed by atoms with Crippen LogP contribution >= 0.6 is 11.8 Å². The topological polar surface area (TPSA) is 75.6 Å². The predicted molar refractivity (Wildman–Crippen MR) is 74.4 cm³/mol. The monoisotopic (exact) mass is 283 g/mol. The highest BCUT2D eigenvalue weighted by Crippen LogP contribution is 2.17. The minimum Gasteiger partial charge on any atom is -0.494 e. The highest BCUT2D eigenvalue weighted by Gasteiger charge is 2.15. The van der Waals surface area contributed by atoms with Crippen LogP contribution in [-0.4, -0.2) is 35.9 Å². The van der Waals surface area contributed by atoms with Crippen LogP contribution in [0.3, 0.4) is 0 Å². The molecule has 1 aromatic rings. The highest BCUT2D eigenvalue weighted by molar-refractivity contribution is 7.98. The molecule has 5 nitrogen and oxygen atoms in total. The van der Waals surface area contributed by atoms with E-state index < -0.39 is 12.0 Å². The van der Waals surface area contributed by atoms with E-state index in [9.17, 15) is 9.59 Å². The van der Waals surface area contributed by atoms with E-state index in [1.807, 2.05) is 31.2 Å². The van der Waals surface area contributed by atoms with E-state index in [0.717, 1.165) is 11.3 Å². The summed E-state index contributed by atoms with van der Waals surface area (Å²) in [4.78, 5) is 21.1. The first-order chi connectivity index (χ1) is 9.17. The smallest absolute Gasteiger partial charge is 0.327 e.